The minimum Gasteiger partial charge on any atom is -0.481 e. The molecule has 8 heteroatoms. The van der Waals surface area contributed by atoms with Crippen molar-refractivity contribution in [1.29, 1.82) is 0 Å². The molecule has 0 aliphatic heterocycles. The van der Waals surface area contributed by atoms with E-state index in [1.165, 1.54) is 7.11 Å². The van der Waals surface area contributed by atoms with Crippen LogP contribution in [0.1, 0.15) is 64.5 Å². The summed E-state index contributed by atoms with van der Waals surface area (Å²) in [5, 5.41) is 15.1. The Balaban J connectivity index is 1.74. The number of hydrogen-bond acceptors (Lipinski definition) is 5. The van der Waals surface area contributed by atoms with E-state index in [1.54, 1.807) is 6.92 Å². The highest BCUT2D eigenvalue weighted by Crippen LogP contribution is 2.44. The first-order valence-corrected chi connectivity index (χ1v) is 13.2. The fourth-order valence-corrected chi connectivity index (χ4v) is 5.00. The number of carboxylic acids is 1. The van der Waals surface area contributed by atoms with Crippen LogP contribution < -0.4 is 10.6 Å². The van der Waals surface area contributed by atoms with Crippen LogP contribution >= 0.6 is 0 Å². The molecule has 0 aromatic heterocycles. The van der Waals surface area contributed by atoms with Crippen LogP contribution in [-0.4, -0.2) is 54.5 Å². The smallest absolute Gasteiger partial charge is 0.408 e. The molecule has 0 bridgehead atoms. The molecule has 3 rings (SSSR count). The second-order valence-electron chi connectivity index (χ2n) is 10.6. The van der Waals surface area contributed by atoms with Crippen LogP contribution in [0, 0.1) is 11.8 Å². The summed E-state index contributed by atoms with van der Waals surface area (Å²) in [6.07, 6.45) is -0.934. The van der Waals surface area contributed by atoms with Gasteiger partial charge in [0.2, 0.25) is 5.91 Å². The fraction of sp³-hybridized carbons (Fsp3) is 0.500. The van der Waals surface area contributed by atoms with E-state index in [0.717, 1.165) is 22.3 Å². The maximum Gasteiger partial charge on any atom is 0.408 e. The normalized spacial score (nSPS) is 16.5. The highest BCUT2D eigenvalue weighted by molar-refractivity contribution is 5.90. The molecule has 4 atom stereocenters. The number of alkyl carbamates (subject to hydrolysis) is 1. The van der Waals surface area contributed by atoms with Crippen molar-refractivity contribution in [2.24, 2.45) is 11.8 Å². The number of rotatable bonds is 12. The second-order valence-corrected chi connectivity index (χ2v) is 10.6. The second kappa shape index (κ2) is 12.4. The Morgan fingerprint density at radius 1 is 1.00 bits per heavy atom. The summed E-state index contributed by atoms with van der Waals surface area (Å²) in [5.41, 5.74) is 3.18. The number of amides is 2. The van der Waals surface area contributed by atoms with Gasteiger partial charge in [-0.15, -0.1) is 0 Å². The van der Waals surface area contributed by atoms with Crippen molar-refractivity contribution in [3.63, 3.8) is 0 Å². The third-order valence-corrected chi connectivity index (χ3v) is 7.97. The van der Waals surface area contributed by atoms with Gasteiger partial charge in [0.15, 0.2) is 0 Å². The average Bonchev–Trinajstić information content (AvgIpc) is 3.22. The van der Waals surface area contributed by atoms with Gasteiger partial charge in [-0.25, -0.2) is 4.79 Å². The number of carbonyl (C=O) groups excluding carboxylic acids is 2. The van der Waals surface area contributed by atoms with Crippen LogP contribution in [0.25, 0.3) is 11.1 Å². The number of ether oxygens (including phenoxy) is 2. The molecule has 8 nitrogen and oxygen atoms in total. The summed E-state index contributed by atoms with van der Waals surface area (Å²) in [6, 6.07) is 15.6. The first-order valence-electron chi connectivity index (χ1n) is 13.2. The van der Waals surface area contributed by atoms with Gasteiger partial charge in [-0.3, -0.25) is 9.59 Å². The van der Waals surface area contributed by atoms with Crippen LogP contribution in [0.4, 0.5) is 4.79 Å². The Bertz CT molecular complexity index is 1100. The zero-order chi connectivity index (χ0) is 28.0. The van der Waals surface area contributed by atoms with E-state index in [9.17, 15) is 19.5 Å². The largest absolute Gasteiger partial charge is 0.481 e. The van der Waals surface area contributed by atoms with Crippen LogP contribution in [0.15, 0.2) is 48.5 Å². The lowest BCUT2D eigenvalue weighted by molar-refractivity contribution is -0.142. The molecule has 0 spiro atoms. The molecule has 0 heterocycles. The number of nitrogens with one attached hydrogen (secondary N) is 2. The minimum atomic E-state index is -1.30. The van der Waals surface area contributed by atoms with Gasteiger partial charge < -0.3 is 25.2 Å². The third-order valence-electron chi connectivity index (χ3n) is 7.97. The first kappa shape index (κ1) is 29.2. The number of fused-ring (bicyclic) bond motifs is 3. The highest BCUT2D eigenvalue weighted by atomic mass is 16.5. The summed E-state index contributed by atoms with van der Waals surface area (Å²) in [4.78, 5) is 38.0. The van der Waals surface area contributed by atoms with Gasteiger partial charge in [0.1, 0.15) is 12.1 Å². The Morgan fingerprint density at radius 2 is 1.55 bits per heavy atom. The lowest BCUT2D eigenvalue weighted by Gasteiger charge is -2.37. The number of carboxylic acid groups (broad SMARTS) is 1. The molecule has 1 aliphatic carbocycles. The zero-order valence-electron chi connectivity index (χ0n) is 23.1. The Hall–Kier alpha value is -3.39. The van der Waals surface area contributed by atoms with Gasteiger partial charge in [-0.05, 0) is 41.0 Å². The molecule has 38 heavy (non-hydrogen) atoms. The molecule has 2 aromatic rings. The van der Waals surface area contributed by atoms with E-state index >= 15 is 0 Å². The molecule has 0 unspecified atom stereocenters. The Kier molecular flexibility index (Phi) is 9.55. The van der Waals surface area contributed by atoms with Crippen molar-refractivity contribution in [1.82, 2.24) is 10.6 Å². The van der Waals surface area contributed by atoms with Gasteiger partial charge >= 0.3 is 12.1 Å². The lowest BCUT2D eigenvalue weighted by atomic mass is 9.85. The number of methoxy groups -OCH3 is 1. The maximum atomic E-state index is 13.6. The van der Waals surface area contributed by atoms with Gasteiger partial charge in [-0.1, -0.05) is 82.6 Å². The minimum absolute atomic E-state index is 0.0471. The number of hydrogen-bond donors (Lipinski definition) is 3. The molecule has 3 N–H and O–H groups in total. The van der Waals surface area contributed by atoms with E-state index < -0.39 is 35.7 Å². The van der Waals surface area contributed by atoms with Crippen molar-refractivity contribution >= 4 is 18.0 Å². The highest BCUT2D eigenvalue weighted by Gasteiger charge is 2.42. The van der Waals surface area contributed by atoms with Crippen molar-refractivity contribution in [2.75, 3.05) is 13.7 Å². The van der Waals surface area contributed by atoms with Crippen molar-refractivity contribution in [3.8, 4) is 11.1 Å². The summed E-state index contributed by atoms with van der Waals surface area (Å²) in [5.74, 6) is -1.85. The van der Waals surface area contributed by atoms with E-state index in [0.29, 0.717) is 6.42 Å². The van der Waals surface area contributed by atoms with Crippen LogP contribution in [0.2, 0.25) is 0 Å². The first-order chi connectivity index (χ1) is 18.0. The van der Waals surface area contributed by atoms with Crippen molar-refractivity contribution < 1.29 is 29.0 Å². The monoisotopic (exact) mass is 524 g/mol. The number of benzene rings is 2. The molecule has 0 radical (unpaired) electrons. The summed E-state index contributed by atoms with van der Waals surface area (Å²) in [7, 11) is 1.44. The molecule has 0 fully saturated rings. The van der Waals surface area contributed by atoms with Crippen molar-refractivity contribution in [3.05, 3.63) is 59.7 Å². The zero-order valence-corrected chi connectivity index (χ0v) is 23.1. The predicted octanol–water partition coefficient (Wildman–Crippen LogP) is 4.96. The van der Waals surface area contributed by atoms with E-state index in [4.69, 9.17) is 9.47 Å². The summed E-state index contributed by atoms with van der Waals surface area (Å²) < 4.78 is 11.1. The van der Waals surface area contributed by atoms with Gasteiger partial charge in [0.05, 0.1) is 18.6 Å². The summed E-state index contributed by atoms with van der Waals surface area (Å²) in [6.45, 7) is 9.37. The predicted molar refractivity (Wildman–Crippen MR) is 146 cm³/mol. The number of carbonyl (C=O) groups is 3. The van der Waals surface area contributed by atoms with E-state index in [2.05, 4.69) is 22.8 Å². The Labute approximate surface area is 225 Å². The molecule has 206 valence electrons. The van der Waals surface area contributed by atoms with E-state index in [-0.39, 0.29) is 30.8 Å². The summed E-state index contributed by atoms with van der Waals surface area (Å²) >= 11 is 0. The number of aliphatic carboxylic acids is 1. The van der Waals surface area contributed by atoms with Crippen molar-refractivity contribution in [2.45, 2.75) is 71.1 Å². The molecular formula is C30H40N2O6. The average molecular weight is 525 g/mol. The Morgan fingerprint density at radius 3 is 2.03 bits per heavy atom. The van der Waals surface area contributed by atoms with Crippen LogP contribution in [0.3, 0.4) is 0 Å². The van der Waals surface area contributed by atoms with Crippen LogP contribution in [-0.2, 0) is 19.1 Å². The quantitative estimate of drug-likeness (QED) is 0.362. The van der Waals surface area contributed by atoms with Gasteiger partial charge in [-0.2, -0.15) is 0 Å². The third kappa shape index (κ3) is 6.18. The maximum absolute atomic E-state index is 13.6. The topological polar surface area (TPSA) is 114 Å². The van der Waals surface area contributed by atoms with Gasteiger partial charge in [0, 0.05) is 13.0 Å². The SMILES string of the molecule is CC[C@H](C)[C@H](NC(=O)[C@@](C)(NC(=O)OCC1c2ccccc2-c2ccccc21)C(C)C)[C@@H](CC(=O)O)OC. The fourth-order valence-electron chi connectivity index (χ4n) is 5.00. The molecule has 1 aliphatic rings. The lowest BCUT2D eigenvalue weighted by Crippen LogP contribution is -2.63. The molecule has 2 aromatic carbocycles. The molecule has 2 amide bonds. The molecular weight excluding hydrogens is 484 g/mol. The standard InChI is InChI=1S/C30H40N2O6/c1-7-19(4)27(25(37-6)16-26(33)34)31-28(35)30(5,18(2)3)32-29(36)38-17-24-22-14-10-8-12-20(22)21-13-9-11-15-23(21)24/h8-15,18-19,24-25,27H,7,16-17H2,1-6H3,(H,31,35)(H,32,36)(H,33,34)/t19-,25+,27-,30-/m0/s1. The van der Waals surface area contributed by atoms with E-state index in [1.807, 2.05) is 64.1 Å². The van der Waals surface area contributed by atoms with Gasteiger partial charge in [0.25, 0.3) is 0 Å². The molecule has 0 saturated heterocycles. The molecule has 0 saturated carbocycles. The van der Waals surface area contributed by atoms with Crippen LogP contribution in [0.5, 0.6) is 0 Å².